The fourth-order valence-electron chi connectivity index (χ4n) is 2.96. The molecule has 20 heavy (non-hydrogen) atoms. The van der Waals surface area contributed by atoms with Crippen molar-refractivity contribution in [2.24, 2.45) is 0 Å². The van der Waals surface area contributed by atoms with E-state index in [4.69, 9.17) is 4.74 Å². The van der Waals surface area contributed by atoms with E-state index in [1.165, 1.54) is 0 Å². The van der Waals surface area contributed by atoms with E-state index in [2.05, 4.69) is 16.0 Å². The molecule has 2 heterocycles. The van der Waals surface area contributed by atoms with E-state index in [1.807, 2.05) is 4.90 Å². The van der Waals surface area contributed by atoms with Crippen LogP contribution in [0.2, 0.25) is 0 Å². The molecule has 114 valence electrons. The summed E-state index contributed by atoms with van der Waals surface area (Å²) in [6.07, 6.45) is 1.87. The third-order valence-corrected chi connectivity index (χ3v) is 4.01. The largest absolute Gasteiger partial charge is 0.465 e. The molecule has 3 N–H and O–H groups in total. The van der Waals surface area contributed by atoms with Gasteiger partial charge in [-0.1, -0.05) is 0 Å². The Balaban J connectivity index is 1.93. The van der Waals surface area contributed by atoms with E-state index in [-0.39, 0.29) is 18.1 Å². The molecule has 7 nitrogen and oxygen atoms in total. The second kappa shape index (κ2) is 6.90. The molecular weight excluding hydrogens is 260 g/mol. The Kier molecular flexibility index (Phi) is 5.19. The van der Waals surface area contributed by atoms with Crippen molar-refractivity contribution in [3.8, 4) is 0 Å². The van der Waals surface area contributed by atoms with Crippen molar-refractivity contribution < 1.29 is 14.3 Å². The van der Waals surface area contributed by atoms with Crippen LogP contribution in [0.4, 0.5) is 4.79 Å². The van der Waals surface area contributed by atoms with E-state index in [0.29, 0.717) is 13.2 Å². The fraction of sp³-hybridized carbons (Fsp3) is 0.846. The van der Waals surface area contributed by atoms with E-state index in [0.717, 1.165) is 39.0 Å². The normalized spacial score (nSPS) is 21.6. The topological polar surface area (TPSA) is 82.7 Å². The summed E-state index contributed by atoms with van der Waals surface area (Å²) in [5, 5.41) is 9.37. The SMILES string of the molecule is CCOC(=O)CNC(=O)N1CCNCC12CCNCC2. The lowest BCUT2D eigenvalue weighted by atomic mass is 9.85. The smallest absolute Gasteiger partial charge is 0.325 e. The lowest BCUT2D eigenvalue weighted by molar-refractivity contribution is -0.141. The Hall–Kier alpha value is -1.34. The number of carbonyl (C=O) groups is 2. The molecule has 2 amide bonds. The van der Waals surface area contributed by atoms with E-state index >= 15 is 0 Å². The Morgan fingerprint density at radius 1 is 1.25 bits per heavy atom. The number of nitrogens with one attached hydrogen (secondary N) is 3. The van der Waals surface area contributed by atoms with Gasteiger partial charge in [-0.25, -0.2) is 4.79 Å². The van der Waals surface area contributed by atoms with Gasteiger partial charge in [-0.15, -0.1) is 0 Å². The number of piperidine rings is 1. The zero-order valence-corrected chi connectivity index (χ0v) is 12.0. The zero-order chi connectivity index (χ0) is 14.4. The van der Waals surface area contributed by atoms with Gasteiger partial charge in [0.1, 0.15) is 6.54 Å². The van der Waals surface area contributed by atoms with Gasteiger partial charge in [-0.05, 0) is 32.9 Å². The van der Waals surface area contributed by atoms with Crippen molar-refractivity contribution in [2.45, 2.75) is 25.3 Å². The van der Waals surface area contributed by atoms with Gasteiger partial charge in [0.05, 0.1) is 12.1 Å². The number of hydrogen-bond donors (Lipinski definition) is 3. The maximum Gasteiger partial charge on any atom is 0.325 e. The second-order valence-corrected chi connectivity index (χ2v) is 5.27. The van der Waals surface area contributed by atoms with Crippen LogP contribution in [0.1, 0.15) is 19.8 Å². The molecule has 2 fully saturated rings. The van der Waals surface area contributed by atoms with Crippen LogP contribution in [0.3, 0.4) is 0 Å². The van der Waals surface area contributed by atoms with Crippen LogP contribution >= 0.6 is 0 Å². The maximum atomic E-state index is 12.3. The van der Waals surface area contributed by atoms with Gasteiger partial charge >= 0.3 is 12.0 Å². The molecule has 7 heteroatoms. The van der Waals surface area contributed by atoms with Crippen molar-refractivity contribution in [1.29, 1.82) is 0 Å². The molecule has 2 aliphatic heterocycles. The van der Waals surface area contributed by atoms with Gasteiger partial charge in [-0.3, -0.25) is 4.79 Å². The molecule has 0 bridgehead atoms. The van der Waals surface area contributed by atoms with Crippen LogP contribution < -0.4 is 16.0 Å². The molecular formula is C13H24N4O3. The van der Waals surface area contributed by atoms with Crippen molar-refractivity contribution in [3.05, 3.63) is 0 Å². The minimum Gasteiger partial charge on any atom is -0.465 e. The highest BCUT2D eigenvalue weighted by molar-refractivity contribution is 5.81. The van der Waals surface area contributed by atoms with Gasteiger partial charge in [0.15, 0.2) is 0 Å². The highest BCUT2D eigenvalue weighted by atomic mass is 16.5. The summed E-state index contributed by atoms with van der Waals surface area (Å²) in [6.45, 7) is 6.15. The fourth-order valence-corrected chi connectivity index (χ4v) is 2.96. The first-order valence-corrected chi connectivity index (χ1v) is 7.30. The summed E-state index contributed by atoms with van der Waals surface area (Å²) in [4.78, 5) is 25.6. The molecule has 2 rings (SSSR count). The molecule has 0 aromatic rings. The third-order valence-electron chi connectivity index (χ3n) is 4.01. The number of ether oxygens (including phenoxy) is 1. The average molecular weight is 284 g/mol. The molecule has 0 aliphatic carbocycles. The van der Waals surface area contributed by atoms with Crippen LogP contribution in [0.15, 0.2) is 0 Å². The molecule has 0 radical (unpaired) electrons. The van der Waals surface area contributed by atoms with Crippen LogP contribution in [-0.4, -0.2) is 68.3 Å². The molecule has 2 aliphatic rings. The summed E-state index contributed by atoms with van der Waals surface area (Å²) < 4.78 is 4.82. The monoisotopic (exact) mass is 284 g/mol. The molecule has 1 spiro atoms. The molecule has 0 aromatic carbocycles. The van der Waals surface area contributed by atoms with E-state index < -0.39 is 5.97 Å². The van der Waals surface area contributed by atoms with Crippen molar-refractivity contribution >= 4 is 12.0 Å². The van der Waals surface area contributed by atoms with Gasteiger partial charge in [0.2, 0.25) is 0 Å². The number of hydrogen-bond acceptors (Lipinski definition) is 5. The van der Waals surface area contributed by atoms with Gasteiger partial charge in [0.25, 0.3) is 0 Å². The molecule has 0 aromatic heterocycles. The van der Waals surface area contributed by atoms with Gasteiger partial charge < -0.3 is 25.6 Å². The summed E-state index contributed by atoms with van der Waals surface area (Å²) in [5.74, 6) is -0.393. The first-order chi connectivity index (χ1) is 9.68. The summed E-state index contributed by atoms with van der Waals surface area (Å²) in [5.41, 5.74) is -0.123. The third kappa shape index (κ3) is 3.40. The molecule has 0 saturated carbocycles. The minimum atomic E-state index is -0.393. The quantitative estimate of drug-likeness (QED) is 0.596. The number of amides is 2. The predicted octanol–water partition coefficient (Wildman–Crippen LogP) is -0.713. The Labute approximate surface area is 119 Å². The highest BCUT2D eigenvalue weighted by Gasteiger charge is 2.42. The van der Waals surface area contributed by atoms with Crippen LogP contribution in [0.5, 0.6) is 0 Å². The van der Waals surface area contributed by atoms with Crippen LogP contribution in [0.25, 0.3) is 0 Å². The van der Waals surface area contributed by atoms with Crippen molar-refractivity contribution in [1.82, 2.24) is 20.9 Å². The number of urea groups is 1. The standard InChI is InChI=1S/C13H24N4O3/c1-2-20-11(18)9-16-12(19)17-8-7-15-10-13(17)3-5-14-6-4-13/h14-15H,2-10H2,1H3,(H,16,19). The minimum absolute atomic E-state index is 0.0646. The average Bonchev–Trinajstić information content (AvgIpc) is 2.46. The number of piperazine rings is 1. The first kappa shape index (κ1) is 15.1. The number of esters is 1. The second-order valence-electron chi connectivity index (χ2n) is 5.27. The molecule has 0 unspecified atom stereocenters. The zero-order valence-electron chi connectivity index (χ0n) is 12.0. The number of nitrogens with zero attached hydrogens (tertiary/aromatic N) is 1. The maximum absolute atomic E-state index is 12.3. The number of rotatable bonds is 3. The number of carbonyl (C=O) groups excluding carboxylic acids is 2. The van der Waals surface area contributed by atoms with Crippen molar-refractivity contribution in [3.63, 3.8) is 0 Å². The highest BCUT2D eigenvalue weighted by Crippen LogP contribution is 2.27. The Morgan fingerprint density at radius 2 is 2.00 bits per heavy atom. The lowest BCUT2D eigenvalue weighted by Crippen LogP contribution is -2.67. The summed E-state index contributed by atoms with van der Waals surface area (Å²) >= 11 is 0. The Morgan fingerprint density at radius 3 is 2.70 bits per heavy atom. The van der Waals surface area contributed by atoms with E-state index in [1.54, 1.807) is 6.92 Å². The first-order valence-electron chi connectivity index (χ1n) is 7.30. The van der Waals surface area contributed by atoms with Gasteiger partial charge in [-0.2, -0.15) is 0 Å². The molecule has 2 saturated heterocycles. The van der Waals surface area contributed by atoms with Crippen LogP contribution in [-0.2, 0) is 9.53 Å². The van der Waals surface area contributed by atoms with Crippen LogP contribution in [0, 0.1) is 0 Å². The predicted molar refractivity (Wildman–Crippen MR) is 74.4 cm³/mol. The molecule has 0 atom stereocenters. The Bertz CT molecular complexity index is 347. The lowest BCUT2D eigenvalue weighted by Gasteiger charge is -2.49. The van der Waals surface area contributed by atoms with Crippen molar-refractivity contribution in [2.75, 3.05) is 45.9 Å². The summed E-state index contributed by atoms with van der Waals surface area (Å²) in [6, 6.07) is -0.165. The summed E-state index contributed by atoms with van der Waals surface area (Å²) in [7, 11) is 0. The van der Waals surface area contributed by atoms with E-state index in [9.17, 15) is 9.59 Å². The van der Waals surface area contributed by atoms with Gasteiger partial charge in [0, 0.05) is 19.6 Å².